The topological polar surface area (TPSA) is 46.9 Å². The van der Waals surface area contributed by atoms with E-state index in [4.69, 9.17) is 0 Å². The molecule has 1 aromatic heterocycles. The van der Waals surface area contributed by atoms with Gasteiger partial charge in [0.25, 0.3) is 0 Å². The molecule has 0 radical (unpaired) electrons. The SMILES string of the molecule is O=C(Nc1nn(Cc2ccc(F)cc2)cc1Br)C(F)(F)F. The molecular weight excluding hydrogens is 358 g/mol. The fourth-order valence-electron chi connectivity index (χ4n) is 1.52. The van der Waals surface area contributed by atoms with Crippen LogP contribution in [0.3, 0.4) is 0 Å². The molecule has 0 bridgehead atoms. The number of nitrogens with one attached hydrogen (secondary N) is 1. The maximum atomic E-state index is 12.8. The lowest BCUT2D eigenvalue weighted by atomic mass is 10.2. The van der Waals surface area contributed by atoms with Crippen LogP contribution in [0.15, 0.2) is 34.9 Å². The molecule has 9 heteroatoms. The Hall–Kier alpha value is -1.90. The number of halogens is 5. The normalized spacial score (nSPS) is 11.5. The van der Waals surface area contributed by atoms with Crippen LogP contribution in [-0.4, -0.2) is 21.9 Å². The third-order valence-corrected chi connectivity index (χ3v) is 3.04. The molecule has 2 rings (SSSR count). The minimum absolute atomic E-state index is 0.210. The van der Waals surface area contributed by atoms with E-state index in [1.807, 2.05) is 0 Å². The summed E-state index contributed by atoms with van der Waals surface area (Å²) in [6.07, 6.45) is -3.57. The first kappa shape index (κ1) is 15.5. The van der Waals surface area contributed by atoms with E-state index in [2.05, 4.69) is 21.0 Å². The number of hydrogen-bond donors (Lipinski definition) is 1. The fraction of sp³-hybridized carbons (Fsp3) is 0.167. The predicted octanol–water partition coefficient (Wildman–Crippen LogP) is 3.33. The number of carbonyl (C=O) groups is 1. The Morgan fingerprint density at radius 1 is 1.29 bits per heavy atom. The van der Waals surface area contributed by atoms with Gasteiger partial charge < -0.3 is 5.32 Å². The number of nitrogens with zero attached hydrogens (tertiary/aromatic N) is 2. The molecule has 0 unspecified atom stereocenters. The highest BCUT2D eigenvalue weighted by Crippen LogP contribution is 2.24. The molecule has 0 saturated carbocycles. The summed E-state index contributed by atoms with van der Waals surface area (Å²) in [5, 5.41) is 5.49. The fourth-order valence-corrected chi connectivity index (χ4v) is 1.93. The second kappa shape index (κ2) is 5.84. The van der Waals surface area contributed by atoms with E-state index in [0.717, 1.165) is 0 Å². The minimum Gasteiger partial charge on any atom is -0.300 e. The van der Waals surface area contributed by atoms with E-state index in [0.29, 0.717) is 5.56 Å². The van der Waals surface area contributed by atoms with Crippen LogP contribution in [0.4, 0.5) is 23.4 Å². The highest BCUT2D eigenvalue weighted by molar-refractivity contribution is 9.10. The maximum Gasteiger partial charge on any atom is 0.471 e. The Bertz CT molecular complexity index is 652. The average molecular weight is 366 g/mol. The Kier molecular flexibility index (Phi) is 4.31. The average Bonchev–Trinajstić information content (AvgIpc) is 2.71. The molecule has 1 amide bonds. The Morgan fingerprint density at radius 2 is 1.90 bits per heavy atom. The first-order valence-corrected chi connectivity index (χ1v) is 6.40. The van der Waals surface area contributed by atoms with E-state index in [9.17, 15) is 22.4 Å². The van der Waals surface area contributed by atoms with Crippen LogP contribution in [0.2, 0.25) is 0 Å². The van der Waals surface area contributed by atoms with Gasteiger partial charge in [0.2, 0.25) is 0 Å². The quantitative estimate of drug-likeness (QED) is 0.848. The lowest BCUT2D eigenvalue weighted by Crippen LogP contribution is -2.30. The van der Waals surface area contributed by atoms with Crippen molar-refractivity contribution in [1.29, 1.82) is 0 Å². The lowest BCUT2D eigenvalue weighted by molar-refractivity contribution is -0.167. The molecule has 112 valence electrons. The van der Waals surface area contributed by atoms with Crippen LogP contribution in [-0.2, 0) is 11.3 Å². The highest BCUT2D eigenvalue weighted by atomic mass is 79.9. The number of aromatic nitrogens is 2. The summed E-state index contributed by atoms with van der Waals surface area (Å²) in [7, 11) is 0. The van der Waals surface area contributed by atoms with E-state index < -0.39 is 17.9 Å². The minimum atomic E-state index is -4.99. The van der Waals surface area contributed by atoms with Gasteiger partial charge in [-0.3, -0.25) is 9.48 Å². The van der Waals surface area contributed by atoms with Gasteiger partial charge >= 0.3 is 12.1 Å². The molecule has 0 fully saturated rings. The van der Waals surface area contributed by atoms with Gasteiger partial charge in [0.05, 0.1) is 11.0 Å². The maximum absolute atomic E-state index is 12.8. The van der Waals surface area contributed by atoms with Crippen LogP contribution >= 0.6 is 15.9 Å². The molecule has 0 aliphatic heterocycles. The summed E-state index contributed by atoms with van der Waals surface area (Å²) in [4.78, 5) is 10.8. The molecule has 1 heterocycles. The first-order valence-electron chi connectivity index (χ1n) is 5.61. The number of rotatable bonds is 3. The molecule has 0 atom stereocenters. The number of benzene rings is 1. The Labute approximate surface area is 124 Å². The number of alkyl halides is 3. The van der Waals surface area contributed by atoms with Crippen LogP contribution in [0, 0.1) is 5.82 Å². The van der Waals surface area contributed by atoms with Gasteiger partial charge in [0, 0.05) is 6.20 Å². The van der Waals surface area contributed by atoms with Crippen LogP contribution < -0.4 is 5.32 Å². The summed E-state index contributed by atoms with van der Waals surface area (Å²) < 4.78 is 50.8. The molecule has 0 aliphatic rings. The number of carbonyl (C=O) groups excluding carboxylic acids is 1. The molecule has 1 aromatic carbocycles. The number of amides is 1. The van der Waals surface area contributed by atoms with Crippen molar-refractivity contribution >= 4 is 27.7 Å². The van der Waals surface area contributed by atoms with Crippen LogP contribution in [0.1, 0.15) is 5.56 Å². The van der Waals surface area contributed by atoms with Crippen molar-refractivity contribution in [1.82, 2.24) is 9.78 Å². The molecule has 0 saturated heterocycles. The second-order valence-corrected chi connectivity index (χ2v) is 4.96. The van der Waals surface area contributed by atoms with E-state index in [1.165, 1.54) is 35.1 Å². The summed E-state index contributed by atoms with van der Waals surface area (Å²) in [6, 6.07) is 5.58. The zero-order chi connectivity index (χ0) is 15.6. The highest BCUT2D eigenvalue weighted by Gasteiger charge is 2.39. The molecule has 4 nitrogen and oxygen atoms in total. The summed E-state index contributed by atoms with van der Waals surface area (Å²) in [5.41, 5.74) is 0.708. The monoisotopic (exact) mass is 365 g/mol. The van der Waals surface area contributed by atoms with Crippen molar-refractivity contribution < 1.29 is 22.4 Å². The number of hydrogen-bond acceptors (Lipinski definition) is 2. The third kappa shape index (κ3) is 4.03. The van der Waals surface area contributed by atoms with Crippen molar-refractivity contribution in [2.75, 3.05) is 5.32 Å². The van der Waals surface area contributed by atoms with E-state index in [1.54, 1.807) is 5.32 Å². The Balaban J connectivity index is 2.12. The third-order valence-electron chi connectivity index (χ3n) is 2.46. The second-order valence-electron chi connectivity index (χ2n) is 4.10. The van der Waals surface area contributed by atoms with Crippen molar-refractivity contribution in [3.8, 4) is 0 Å². The van der Waals surface area contributed by atoms with Crippen LogP contribution in [0.25, 0.3) is 0 Å². The molecule has 2 aromatic rings. The molecule has 1 N–H and O–H groups in total. The van der Waals surface area contributed by atoms with Crippen LogP contribution in [0.5, 0.6) is 0 Å². The standard InChI is InChI=1S/C12H8BrF4N3O/c13-9-6-20(5-7-1-3-8(14)4-2-7)19-10(9)18-11(21)12(15,16)17/h1-4,6H,5H2,(H,18,19,21). The van der Waals surface area contributed by atoms with Gasteiger partial charge in [-0.05, 0) is 33.6 Å². The lowest BCUT2D eigenvalue weighted by Gasteiger charge is -2.05. The van der Waals surface area contributed by atoms with Crippen molar-refractivity contribution in [2.45, 2.75) is 12.7 Å². The van der Waals surface area contributed by atoms with Gasteiger partial charge in [-0.2, -0.15) is 18.3 Å². The van der Waals surface area contributed by atoms with Gasteiger partial charge in [-0.25, -0.2) is 4.39 Å². The zero-order valence-corrected chi connectivity index (χ0v) is 11.9. The van der Waals surface area contributed by atoms with E-state index in [-0.39, 0.29) is 16.8 Å². The summed E-state index contributed by atoms with van der Waals surface area (Å²) in [5.74, 6) is -2.73. The Morgan fingerprint density at radius 3 is 2.48 bits per heavy atom. The molecular formula is C12H8BrF4N3O. The van der Waals surface area contributed by atoms with Crippen molar-refractivity contribution in [3.63, 3.8) is 0 Å². The van der Waals surface area contributed by atoms with Crippen molar-refractivity contribution in [2.24, 2.45) is 0 Å². The first-order chi connectivity index (χ1) is 9.75. The van der Waals surface area contributed by atoms with Gasteiger partial charge in [0.15, 0.2) is 5.82 Å². The zero-order valence-electron chi connectivity index (χ0n) is 10.3. The summed E-state index contributed by atoms with van der Waals surface area (Å²) in [6.45, 7) is 0.223. The summed E-state index contributed by atoms with van der Waals surface area (Å²) >= 11 is 3.01. The van der Waals surface area contributed by atoms with Gasteiger partial charge in [0.1, 0.15) is 5.82 Å². The van der Waals surface area contributed by atoms with Crippen molar-refractivity contribution in [3.05, 3.63) is 46.3 Å². The van der Waals surface area contributed by atoms with Gasteiger partial charge in [-0.15, -0.1) is 0 Å². The molecule has 0 spiro atoms. The predicted molar refractivity (Wildman–Crippen MR) is 70.1 cm³/mol. The number of anilines is 1. The smallest absolute Gasteiger partial charge is 0.300 e. The van der Waals surface area contributed by atoms with Gasteiger partial charge in [-0.1, -0.05) is 12.1 Å². The van der Waals surface area contributed by atoms with E-state index >= 15 is 0 Å². The molecule has 21 heavy (non-hydrogen) atoms. The largest absolute Gasteiger partial charge is 0.471 e. The molecule has 0 aliphatic carbocycles.